The molecule has 0 aliphatic heterocycles. The molecule has 1 rings (SSSR count). The molecule has 0 fully saturated rings. The minimum absolute atomic E-state index is 0.0345. The molecule has 0 heterocycles. The highest BCUT2D eigenvalue weighted by atomic mass is 16.6. The van der Waals surface area contributed by atoms with E-state index in [2.05, 4.69) is 15.3 Å². The van der Waals surface area contributed by atoms with Gasteiger partial charge >= 0.3 is 0 Å². The van der Waals surface area contributed by atoms with Crippen LogP contribution < -0.4 is 10.1 Å². The van der Waals surface area contributed by atoms with Crippen LogP contribution in [0.2, 0.25) is 0 Å². The number of carbonyl (C=O) groups excluding carboxylic acids is 1. The third-order valence-corrected chi connectivity index (χ3v) is 2.15. The Morgan fingerprint density at radius 3 is 2.58 bits per heavy atom. The first-order valence-corrected chi connectivity index (χ1v) is 5.33. The summed E-state index contributed by atoms with van der Waals surface area (Å²) in [6, 6.07) is 8.79. The molecule has 0 atom stereocenters. The molecule has 0 aliphatic rings. The number of carbonyl (C=O) groups is 1. The zero-order chi connectivity index (χ0) is 14.1. The van der Waals surface area contributed by atoms with Crippen molar-refractivity contribution in [2.45, 2.75) is 0 Å². The Morgan fingerprint density at radius 2 is 2.05 bits per heavy atom. The van der Waals surface area contributed by atoms with E-state index in [1.807, 2.05) is 6.07 Å². The zero-order valence-electron chi connectivity index (χ0n) is 10.6. The highest BCUT2D eigenvalue weighted by molar-refractivity contribution is 6.06. The standard InChI is InChI=1S/C13H13N3O3/c1-18-12-5-3-10(4-6-12)7-11(8-14)13(17)15-9-16-19-2/h3-7,9H,1-2H3,(H,15,16,17)/b11-7-. The molecule has 1 N–H and O–H groups in total. The SMILES string of the molecule is CO/N=C/NC(=O)/C(C#N)=C\c1ccc(OC)cc1. The van der Waals surface area contributed by atoms with Crippen LogP contribution in [0.1, 0.15) is 5.56 Å². The van der Waals surface area contributed by atoms with E-state index in [4.69, 9.17) is 10.00 Å². The number of nitrogens with zero attached hydrogens (tertiary/aromatic N) is 2. The van der Waals surface area contributed by atoms with Gasteiger partial charge in [0.25, 0.3) is 5.91 Å². The molecule has 0 unspecified atom stereocenters. The number of nitrogens with one attached hydrogen (secondary N) is 1. The molecule has 0 saturated carbocycles. The van der Waals surface area contributed by atoms with Gasteiger partial charge in [0.2, 0.25) is 0 Å². The summed E-state index contributed by atoms with van der Waals surface area (Å²) in [4.78, 5) is 16.0. The van der Waals surface area contributed by atoms with Crippen molar-refractivity contribution in [2.75, 3.05) is 14.2 Å². The first-order chi connectivity index (χ1) is 9.21. The third-order valence-electron chi connectivity index (χ3n) is 2.15. The summed E-state index contributed by atoms with van der Waals surface area (Å²) in [6.45, 7) is 0. The fourth-order valence-corrected chi connectivity index (χ4v) is 1.23. The monoisotopic (exact) mass is 259 g/mol. The van der Waals surface area contributed by atoms with E-state index >= 15 is 0 Å². The minimum atomic E-state index is -0.556. The molecule has 0 bridgehead atoms. The van der Waals surface area contributed by atoms with Gasteiger partial charge in [0.05, 0.1) is 7.11 Å². The van der Waals surface area contributed by atoms with Crippen molar-refractivity contribution in [3.63, 3.8) is 0 Å². The van der Waals surface area contributed by atoms with Crippen LogP contribution in [0, 0.1) is 11.3 Å². The number of nitriles is 1. The number of amides is 1. The van der Waals surface area contributed by atoms with Gasteiger partial charge < -0.3 is 14.9 Å². The van der Waals surface area contributed by atoms with Gasteiger partial charge in [0.1, 0.15) is 30.8 Å². The molecule has 0 aliphatic carbocycles. The number of hydrogen-bond donors (Lipinski definition) is 1. The molecule has 6 heteroatoms. The lowest BCUT2D eigenvalue weighted by Gasteiger charge is -2.00. The molecule has 0 radical (unpaired) electrons. The minimum Gasteiger partial charge on any atom is -0.497 e. The smallest absolute Gasteiger partial charge is 0.267 e. The van der Waals surface area contributed by atoms with E-state index in [-0.39, 0.29) is 5.57 Å². The number of benzene rings is 1. The van der Waals surface area contributed by atoms with Crippen molar-refractivity contribution < 1.29 is 14.4 Å². The van der Waals surface area contributed by atoms with Crippen molar-refractivity contribution in [3.8, 4) is 11.8 Å². The fraction of sp³-hybridized carbons (Fsp3) is 0.154. The lowest BCUT2D eigenvalue weighted by Crippen LogP contribution is -2.22. The molecule has 0 spiro atoms. The van der Waals surface area contributed by atoms with Gasteiger partial charge in [-0.05, 0) is 23.8 Å². The molecular formula is C13H13N3O3. The average molecular weight is 259 g/mol. The van der Waals surface area contributed by atoms with Crippen LogP contribution in [0.4, 0.5) is 0 Å². The molecule has 98 valence electrons. The number of hydrogen-bond acceptors (Lipinski definition) is 5. The van der Waals surface area contributed by atoms with Gasteiger partial charge in [-0.25, -0.2) is 0 Å². The maximum atomic E-state index is 11.6. The van der Waals surface area contributed by atoms with Crippen molar-refractivity contribution in [1.29, 1.82) is 5.26 Å². The highest BCUT2D eigenvalue weighted by Crippen LogP contribution is 2.13. The summed E-state index contributed by atoms with van der Waals surface area (Å²) in [5.74, 6) is 0.145. The van der Waals surface area contributed by atoms with Gasteiger partial charge in [0.15, 0.2) is 0 Å². The quantitative estimate of drug-likeness (QED) is 0.284. The number of oxime groups is 1. The Morgan fingerprint density at radius 1 is 1.37 bits per heavy atom. The van der Waals surface area contributed by atoms with Gasteiger partial charge in [-0.2, -0.15) is 5.26 Å². The molecule has 1 aromatic rings. The predicted octanol–water partition coefficient (Wildman–Crippen LogP) is 1.31. The van der Waals surface area contributed by atoms with Crippen LogP contribution in [-0.4, -0.2) is 26.5 Å². The Hall–Kier alpha value is -2.81. The van der Waals surface area contributed by atoms with Crippen molar-refractivity contribution in [1.82, 2.24) is 5.32 Å². The summed E-state index contributed by atoms with van der Waals surface area (Å²) in [5.41, 5.74) is 0.684. The summed E-state index contributed by atoms with van der Waals surface area (Å²) < 4.78 is 5.02. The predicted molar refractivity (Wildman–Crippen MR) is 70.2 cm³/mol. The van der Waals surface area contributed by atoms with E-state index in [0.29, 0.717) is 5.75 Å². The summed E-state index contributed by atoms with van der Waals surface area (Å²) in [5, 5.41) is 14.6. The Bertz CT molecular complexity index is 527. The first kappa shape index (κ1) is 14.3. The van der Waals surface area contributed by atoms with Gasteiger partial charge in [-0.1, -0.05) is 17.3 Å². The number of ether oxygens (including phenoxy) is 1. The Labute approximate surface area is 110 Å². The molecule has 1 aromatic carbocycles. The number of rotatable bonds is 5. The van der Waals surface area contributed by atoms with Crippen molar-refractivity contribution in [3.05, 3.63) is 35.4 Å². The Balaban J connectivity index is 2.83. The molecule has 1 amide bonds. The molecule has 0 aromatic heterocycles. The van der Waals surface area contributed by atoms with Gasteiger partial charge in [-0.15, -0.1) is 0 Å². The lowest BCUT2D eigenvalue weighted by molar-refractivity contribution is -0.115. The van der Waals surface area contributed by atoms with Crippen LogP contribution in [0.3, 0.4) is 0 Å². The third kappa shape index (κ3) is 4.52. The van der Waals surface area contributed by atoms with Crippen LogP contribution in [0.15, 0.2) is 35.0 Å². The van der Waals surface area contributed by atoms with E-state index in [1.165, 1.54) is 13.2 Å². The van der Waals surface area contributed by atoms with E-state index < -0.39 is 5.91 Å². The van der Waals surface area contributed by atoms with E-state index in [9.17, 15) is 4.79 Å². The second kappa shape index (κ2) is 7.50. The van der Waals surface area contributed by atoms with Crippen LogP contribution >= 0.6 is 0 Å². The lowest BCUT2D eigenvalue weighted by atomic mass is 10.1. The summed E-state index contributed by atoms with van der Waals surface area (Å²) >= 11 is 0. The normalized spacial score (nSPS) is 10.9. The van der Waals surface area contributed by atoms with Gasteiger partial charge in [-0.3, -0.25) is 4.79 Å². The summed E-state index contributed by atoms with van der Waals surface area (Å²) in [6.07, 6.45) is 2.54. The molecule has 6 nitrogen and oxygen atoms in total. The van der Waals surface area contributed by atoms with E-state index in [0.717, 1.165) is 11.9 Å². The Kier molecular flexibility index (Phi) is 5.63. The average Bonchev–Trinajstić information content (AvgIpc) is 2.45. The maximum Gasteiger partial charge on any atom is 0.267 e. The second-order valence-electron chi connectivity index (χ2n) is 3.33. The second-order valence-corrected chi connectivity index (χ2v) is 3.33. The molecule has 0 saturated heterocycles. The maximum absolute atomic E-state index is 11.6. The van der Waals surface area contributed by atoms with Crippen LogP contribution in [-0.2, 0) is 9.63 Å². The largest absolute Gasteiger partial charge is 0.497 e. The van der Waals surface area contributed by atoms with Gasteiger partial charge in [0, 0.05) is 0 Å². The van der Waals surface area contributed by atoms with Crippen LogP contribution in [0.25, 0.3) is 6.08 Å². The fourth-order valence-electron chi connectivity index (χ4n) is 1.23. The topological polar surface area (TPSA) is 83.7 Å². The molecule has 19 heavy (non-hydrogen) atoms. The van der Waals surface area contributed by atoms with Crippen molar-refractivity contribution >= 4 is 18.3 Å². The van der Waals surface area contributed by atoms with E-state index in [1.54, 1.807) is 31.4 Å². The zero-order valence-corrected chi connectivity index (χ0v) is 10.6. The van der Waals surface area contributed by atoms with Crippen molar-refractivity contribution in [2.24, 2.45) is 5.16 Å². The first-order valence-electron chi connectivity index (χ1n) is 5.33. The highest BCUT2D eigenvalue weighted by Gasteiger charge is 2.07. The summed E-state index contributed by atoms with van der Waals surface area (Å²) in [7, 11) is 2.91. The van der Waals surface area contributed by atoms with Crippen LogP contribution in [0.5, 0.6) is 5.75 Å². The molecular weight excluding hydrogens is 246 g/mol. The number of methoxy groups -OCH3 is 1.